The Morgan fingerprint density at radius 2 is 1.57 bits per heavy atom. The van der Waals surface area contributed by atoms with Crippen molar-refractivity contribution in [3.63, 3.8) is 0 Å². The fraction of sp³-hybridized carbons (Fsp3) is 0.235. The zero-order valence-corrected chi connectivity index (χ0v) is 12.4. The highest BCUT2D eigenvalue weighted by molar-refractivity contribution is 5.76. The van der Waals surface area contributed by atoms with Gasteiger partial charge in [0.15, 0.2) is 0 Å². The van der Waals surface area contributed by atoms with Crippen LogP contribution < -0.4 is 0 Å². The smallest absolute Gasteiger partial charge is 0.441 e. The molecule has 21 heavy (non-hydrogen) atoms. The molecule has 0 aliphatic carbocycles. The average molecular weight is 282 g/mol. The summed E-state index contributed by atoms with van der Waals surface area (Å²) in [6.45, 7) is 5.37. The average Bonchev–Trinajstić information content (AvgIpc) is 2.45. The number of hydrogen-bond donors (Lipinski definition) is 0. The summed E-state index contributed by atoms with van der Waals surface area (Å²) in [6.07, 6.45) is -0.689. The predicted octanol–water partition coefficient (Wildman–Crippen LogP) is 5.37. The molecule has 0 saturated carbocycles. The summed E-state index contributed by atoms with van der Waals surface area (Å²) in [6, 6.07) is 17.4. The molecule has 0 heterocycles. The molecule has 0 saturated heterocycles. The van der Waals surface area contributed by atoms with Crippen molar-refractivity contribution >= 4 is 11.8 Å². The zero-order valence-electron chi connectivity index (χ0n) is 12.4. The Morgan fingerprint density at radius 1 is 0.952 bits per heavy atom. The van der Waals surface area contributed by atoms with E-state index >= 15 is 0 Å². The summed E-state index contributed by atoms with van der Waals surface area (Å²) in [5.41, 5.74) is 2.01. The lowest BCUT2D eigenvalue weighted by molar-refractivity contribution is 0.0592. The summed E-state index contributed by atoms with van der Waals surface area (Å²) in [4.78, 5) is 11.6. The van der Waals surface area contributed by atoms with Gasteiger partial charge >= 0.3 is 6.09 Å². The first-order chi connectivity index (χ1) is 9.96. The summed E-state index contributed by atoms with van der Waals surface area (Å²) >= 11 is 0. The molecule has 0 aliphatic heterocycles. The van der Waals surface area contributed by atoms with Crippen LogP contribution in [-0.4, -0.2) is 11.7 Å². The van der Waals surface area contributed by atoms with Gasteiger partial charge in [-0.3, -0.25) is 0 Å². The second kappa shape index (κ2) is 6.31. The maximum absolute atomic E-state index is 11.6. The molecule has 0 radical (unpaired) electrons. The van der Waals surface area contributed by atoms with Crippen LogP contribution in [0.4, 0.5) is 10.5 Å². The SMILES string of the molecule is CC(C)(C)OC(=O)N=Nc1ccccc1-c1ccccc1. The minimum absolute atomic E-state index is 0.574. The summed E-state index contributed by atoms with van der Waals surface area (Å²) in [5, 5.41) is 7.65. The van der Waals surface area contributed by atoms with Gasteiger partial charge in [0, 0.05) is 5.56 Å². The molecule has 0 aromatic heterocycles. The highest BCUT2D eigenvalue weighted by Crippen LogP contribution is 2.30. The van der Waals surface area contributed by atoms with E-state index < -0.39 is 11.7 Å². The van der Waals surface area contributed by atoms with Crippen LogP contribution in [0, 0.1) is 0 Å². The molecule has 0 fully saturated rings. The molecule has 0 bridgehead atoms. The van der Waals surface area contributed by atoms with Crippen LogP contribution in [0.25, 0.3) is 11.1 Å². The van der Waals surface area contributed by atoms with Crippen molar-refractivity contribution in [1.29, 1.82) is 0 Å². The Labute approximate surface area is 124 Å². The van der Waals surface area contributed by atoms with Crippen molar-refractivity contribution in [2.75, 3.05) is 0 Å². The van der Waals surface area contributed by atoms with Crippen molar-refractivity contribution in [3.8, 4) is 11.1 Å². The second-order valence-corrected chi connectivity index (χ2v) is 5.56. The number of rotatable bonds is 2. The van der Waals surface area contributed by atoms with Gasteiger partial charge in [-0.05, 0) is 32.4 Å². The van der Waals surface area contributed by atoms with E-state index in [9.17, 15) is 4.79 Å². The third-order valence-corrected chi connectivity index (χ3v) is 2.62. The molecule has 0 atom stereocenters. The Morgan fingerprint density at radius 3 is 2.24 bits per heavy atom. The monoisotopic (exact) mass is 282 g/mol. The Hall–Kier alpha value is -2.49. The maximum Gasteiger partial charge on any atom is 0.452 e. The van der Waals surface area contributed by atoms with Crippen LogP contribution in [0.3, 0.4) is 0 Å². The number of hydrogen-bond acceptors (Lipinski definition) is 3. The molecule has 2 rings (SSSR count). The van der Waals surface area contributed by atoms with E-state index in [2.05, 4.69) is 10.2 Å². The molecular weight excluding hydrogens is 264 g/mol. The molecule has 0 spiro atoms. The van der Waals surface area contributed by atoms with Gasteiger partial charge in [0.25, 0.3) is 0 Å². The topological polar surface area (TPSA) is 51.0 Å². The van der Waals surface area contributed by atoms with Crippen LogP contribution in [0.15, 0.2) is 64.8 Å². The molecular formula is C17H18N2O2. The van der Waals surface area contributed by atoms with Crippen LogP contribution in [0.5, 0.6) is 0 Å². The van der Waals surface area contributed by atoms with Crippen LogP contribution >= 0.6 is 0 Å². The number of carbonyl (C=O) groups is 1. The van der Waals surface area contributed by atoms with Crippen molar-refractivity contribution in [2.24, 2.45) is 10.2 Å². The van der Waals surface area contributed by atoms with E-state index in [4.69, 9.17) is 4.74 Å². The molecule has 0 unspecified atom stereocenters. The lowest BCUT2D eigenvalue weighted by Gasteiger charge is -2.16. The van der Waals surface area contributed by atoms with Crippen LogP contribution in [0.1, 0.15) is 20.8 Å². The summed E-state index contributed by atoms with van der Waals surface area (Å²) < 4.78 is 5.11. The van der Waals surface area contributed by atoms with E-state index in [1.54, 1.807) is 20.8 Å². The summed E-state index contributed by atoms with van der Waals surface area (Å²) in [7, 11) is 0. The maximum atomic E-state index is 11.6. The van der Waals surface area contributed by atoms with Crippen LogP contribution in [0.2, 0.25) is 0 Å². The molecule has 0 aliphatic rings. The molecule has 1 amide bonds. The first kappa shape index (κ1) is 14.9. The Bertz CT molecular complexity index is 643. The molecule has 4 nitrogen and oxygen atoms in total. The van der Waals surface area contributed by atoms with Crippen molar-refractivity contribution in [1.82, 2.24) is 0 Å². The highest BCUT2D eigenvalue weighted by Gasteiger charge is 2.15. The van der Waals surface area contributed by atoms with Crippen molar-refractivity contribution in [3.05, 3.63) is 54.6 Å². The van der Waals surface area contributed by atoms with Gasteiger partial charge in [0.1, 0.15) is 5.60 Å². The number of nitrogens with zero attached hydrogens (tertiary/aromatic N) is 2. The first-order valence-electron chi connectivity index (χ1n) is 6.75. The van der Waals surface area contributed by atoms with Gasteiger partial charge in [0.05, 0.1) is 5.69 Å². The Kier molecular flexibility index (Phi) is 4.48. The largest absolute Gasteiger partial charge is 0.452 e. The number of benzene rings is 2. The third-order valence-electron chi connectivity index (χ3n) is 2.62. The number of carbonyl (C=O) groups excluding carboxylic acids is 1. The minimum Gasteiger partial charge on any atom is -0.441 e. The van der Waals surface area contributed by atoms with E-state index in [1.807, 2.05) is 54.6 Å². The second-order valence-electron chi connectivity index (χ2n) is 5.56. The van der Waals surface area contributed by atoms with E-state index in [0.29, 0.717) is 5.69 Å². The van der Waals surface area contributed by atoms with Gasteiger partial charge in [-0.25, -0.2) is 4.79 Å². The lowest BCUT2D eigenvalue weighted by atomic mass is 10.0. The molecule has 2 aromatic rings. The van der Waals surface area contributed by atoms with E-state index in [-0.39, 0.29) is 0 Å². The van der Waals surface area contributed by atoms with Crippen molar-refractivity contribution < 1.29 is 9.53 Å². The number of ether oxygens (including phenoxy) is 1. The minimum atomic E-state index is -0.689. The van der Waals surface area contributed by atoms with Gasteiger partial charge < -0.3 is 4.74 Å². The lowest BCUT2D eigenvalue weighted by Crippen LogP contribution is -2.21. The van der Waals surface area contributed by atoms with Gasteiger partial charge in [0.2, 0.25) is 0 Å². The van der Waals surface area contributed by atoms with Gasteiger partial charge in [-0.1, -0.05) is 53.6 Å². The van der Waals surface area contributed by atoms with Gasteiger partial charge in [-0.2, -0.15) is 0 Å². The highest BCUT2D eigenvalue weighted by atomic mass is 16.6. The molecule has 2 aromatic carbocycles. The van der Waals surface area contributed by atoms with Crippen molar-refractivity contribution in [2.45, 2.75) is 26.4 Å². The number of azo groups is 1. The molecule has 108 valence electrons. The number of amides is 1. The molecule has 0 N–H and O–H groups in total. The Balaban J connectivity index is 2.24. The third kappa shape index (κ3) is 4.53. The first-order valence-corrected chi connectivity index (χ1v) is 6.75. The predicted molar refractivity (Wildman–Crippen MR) is 82.6 cm³/mol. The van der Waals surface area contributed by atoms with Crippen LogP contribution in [-0.2, 0) is 4.74 Å². The summed E-state index contributed by atoms with van der Waals surface area (Å²) in [5.74, 6) is 0. The van der Waals surface area contributed by atoms with E-state index in [0.717, 1.165) is 11.1 Å². The standard InChI is InChI=1S/C17H18N2O2/c1-17(2,3)21-16(20)19-18-15-12-8-7-11-14(15)13-9-5-4-6-10-13/h4-12H,1-3H3. The zero-order chi connectivity index (χ0) is 15.3. The molecule has 4 heteroatoms. The fourth-order valence-corrected chi connectivity index (χ4v) is 1.80. The normalized spacial score (nSPS) is 11.6. The quantitative estimate of drug-likeness (QED) is 0.695. The van der Waals surface area contributed by atoms with Gasteiger partial charge in [-0.15, -0.1) is 5.11 Å². The van der Waals surface area contributed by atoms with E-state index in [1.165, 1.54) is 0 Å². The fourth-order valence-electron chi connectivity index (χ4n) is 1.80.